The number of cyclic esters (lactones) is 1. The van der Waals surface area contributed by atoms with Crippen molar-refractivity contribution in [2.45, 2.75) is 32.3 Å². The number of morpholine rings is 1. The molecule has 0 bridgehead atoms. The number of esters is 1. The van der Waals surface area contributed by atoms with Gasteiger partial charge in [-0.25, -0.2) is 0 Å². The molecule has 28 heavy (non-hydrogen) atoms. The Kier molecular flexibility index (Phi) is 5.53. The van der Waals surface area contributed by atoms with Crippen LogP contribution in [0.2, 0.25) is 0 Å². The molecule has 3 saturated heterocycles. The van der Waals surface area contributed by atoms with Crippen LogP contribution < -0.4 is 0 Å². The molecule has 3 aliphatic heterocycles. The van der Waals surface area contributed by atoms with Gasteiger partial charge in [0.15, 0.2) is 5.78 Å². The van der Waals surface area contributed by atoms with Crippen LogP contribution in [0.15, 0.2) is 12.1 Å². The summed E-state index contributed by atoms with van der Waals surface area (Å²) >= 11 is 1.24. The van der Waals surface area contributed by atoms with E-state index in [2.05, 4.69) is 4.90 Å². The highest BCUT2D eigenvalue weighted by Crippen LogP contribution is 2.43. The average molecular weight is 407 g/mol. The quantitative estimate of drug-likeness (QED) is 0.561. The Balaban J connectivity index is 1.34. The number of thiophene rings is 1. The van der Waals surface area contributed by atoms with Crippen molar-refractivity contribution in [2.75, 3.05) is 45.9 Å². The van der Waals surface area contributed by atoms with Gasteiger partial charge in [-0.15, -0.1) is 11.3 Å². The number of piperidine rings is 1. The first kappa shape index (κ1) is 19.5. The van der Waals surface area contributed by atoms with Crippen molar-refractivity contribution >= 4 is 29.0 Å². The molecule has 0 aliphatic carbocycles. The monoisotopic (exact) mass is 406 g/mol. The molecule has 1 aromatic rings. The number of likely N-dealkylation sites (tertiary alicyclic amines) is 1. The minimum absolute atomic E-state index is 0.0262. The molecule has 1 spiro atoms. The van der Waals surface area contributed by atoms with E-state index in [1.807, 2.05) is 0 Å². The van der Waals surface area contributed by atoms with Crippen molar-refractivity contribution in [1.29, 1.82) is 0 Å². The highest BCUT2D eigenvalue weighted by molar-refractivity contribution is 7.15. The Labute approximate surface area is 168 Å². The predicted molar refractivity (Wildman–Crippen MR) is 104 cm³/mol. The fraction of sp³-hybridized carbons (Fsp3) is 0.650. The lowest BCUT2D eigenvalue weighted by Gasteiger charge is -2.36. The van der Waals surface area contributed by atoms with E-state index in [1.165, 1.54) is 18.3 Å². The molecular formula is C20H26N2O5S. The van der Waals surface area contributed by atoms with Crippen molar-refractivity contribution in [2.24, 2.45) is 5.41 Å². The smallest absolute Gasteiger partial charge is 0.312 e. The summed E-state index contributed by atoms with van der Waals surface area (Å²) in [5.74, 6) is -0.182. The first-order valence-corrected chi connectivity index (χ1v) is 10.7. The maximum Gasteiger partial charge on any atom is 0.312 e. The maximum absolute atomic E-state index is 12.7. The molecule has 0 radical (unpaired) electrons. The zero-order valence-electron chi connectivity index (χ0n) is 16.1. The molecule has 1 aromatic heterocycles. The number of carbonyl (C=O) groups excluding carboxylic acids is 3. The van der Waals surface area contributed by atoms with Crippen LogP contribution in [-0.2, 0) is 14.3 Å². The molecule has 1 amide bonds. The van der Waals surface area contributed by atoms with E-state index in [1.54, 1.807) is 17.0 Å². The minimum Gasteiger partial charge on any atom is -0.461 e. The average Bonchev–Trinajstić information content (AvgIpc) is 3.29. The van der Waals surface area contributed by atoms with Gasteiger partial charge < -0.3 is 14.4 Å². The van der Waals surface area contributed by atoms with Crippen molar-refractivity contribution in [3.8, 4) is 0 Å². The molecular weight excluding hydrogens is 380 g/mol. The number of hydrogen-bond donors (Lipinski definition) is 0. The van der Waals surface area contributed by atoms with E-state index in [4.69, 9.17) is 9.47 Å². The van der Waals surface area contributed by atoms with Crippen LogP contribution in [0, 0.1) is 5.41 Å². The molecule has 152 valence electrons. The summed E-state index contributed by atoms with van der Waals surface area (Å²) in [6, 6.07) is 3.42. The van der Waals surface area contributed by atoms with Gasteiger partial charge in [-0.1, -0.05) is 0 Å². The number of nitrogens with zero attached hydrogens (tertiary/aromatic N) is 2. The molecule has 1 unspecified atom stereocenters. The molecule has 4 heterocycles. The predicted octanol–water partition coefficient (Wildman–Crippen LogP) is 1.82. The Bertz CT molecular complexity index is 762. The summed E-state index contributed by atoms with van der Waals surface area (Å²) in [5, 5.41) is 0. The van der Waals surface area contributed by atoms with Crippen molar-refractivity contribution in [3.05, 3.63) is 21.9 Å². The van der Waals surface area contributed by atoms with E-state index in [0.717, 1.165) is 39.3 Å². The lowest BCUT2D eigenvalue weighted by atomic mass is 9.76. The van der Waals surface area contributed by atoms with Gasteiger partial charge in [-0.2, -0.15) is 0 Å². The second-order valence-electron chi connectivity index (χ2n) is 7.94. The SMILES string of the molecule is CC(=O)c1ccc(C(=O)N2CCC3(CC2)CC(CN2CCOCC2)OC3=O)s1. The van der Waals surface area contributed by atoms with Gasteiger partial charge in [-0.05, 0) is 31.9 Å². The van der Waals surface area contributed by atoms with Gasteiger partial charge in [0, 0.05) is 39.1 Å². The second-order valence-corrected chi connectivity index (χ2v) is 9.02. The molecule has 3 fully saturated rings. The van der Waals surface area contributed by atoms with Gasteiger partial charge >= 0.3 is 5.97 Å². The highest BCUT2D eigenvalue weighted by atomic mass is 32.1. The Hall–Kier alpha value is -1.77. The van der Waals surface area contributed by atoms with E-state index >= 15 is 0 Å². The van der Waals surface area contributed by atoms with Crippen LogP contribution >= 0.6 is 11.3 Å². The standard InChI is InChI=1S/C20H26N2O5S/c1-14(23)16-2-3-17(28-16)18(24)22-6-4-20(5-7-22)12-15(27-19(20)25)13-21-8-10-26-11-9-21/h2-3,15H,4-13H2,1H3. The van der Waals surface area contributed by atoms with Crippen LogP contribution in [-0.4, -0.2) is 79.5 Å². The van der Waals surface area contributed by atoms with Crippen LogP contribution in [0.1, 0.15) is 45.5 Å². The minimum atomic E-state index is -0.451. The summed E-state index contributed by atoms with van der Waals surface area (Å²) in [4.78, 5) is 42.1. The number of ketones is 1. The van der Waals surface area contributed by atoms with Gasteiger partial charge in [0.05, 0.1) is 28.4 Å². The van der Waals surface area contributed by atoms with Crippen molar-refractivity contribution < 1.29 is 23.9 Å². The Morgan fingerprint density at radius 2 is 1.82 bits per heavy atom. The fourth-order valence-electron chi connectivity index (χ4n) is 4.35. The Morgan fingerprint density at radius 1 is 1.14 bits per heavy atom. The second kappa shape index (κ2) is 7.93. The largest absolute Gasteiger partial charge is 0.461 e. The molecule has 0 N–H and O–H groups in total. The lowest BCUT2D eigenvalue weighted by molar-refractivity contribution is -0.151. The Morgan fingerprint density at radius 3 is 2.46 bits per heavy atom. The first-order valence-electron chi connectivity index (χ1n) is 9.88. The third kappa shape index (κ3) is 3.86. The van der Waals surface area contributed by atoms with Crippen LogP contribution in [0.25, 0.3) is 0 Å². The summed E-state index contributed by atoms with van der Waals surface area (Å²) in [5.41, 5.74) is -0.451. The van der Waals surface area contributed by atoms with Crippen LogP contribution in [0.5, 0.6) is 0 Å². The zero-order chi connectivity index (χ0) is 19.7. The number of Topliss-reactive ketones (excluding diaryl/α,β-unsaturated/α-hetero) is 1. The topological polar surface area (TPSA) is 76.2 Å². The molecule has 1 atom stereocenters. The normalized spacial score (nSPS) is 25.1. The van der Waals surface area contributed by atoms with Gasteiger partial charge in [-0.3, -0.25) is 19.3 Å². The number of rotatable bonds is 4. The summed E-state index contributed by atoms with van der Waals surface area (Å²) in [7, 11) is 0. The van der Waals surface area contributed by atoms with Gasteiger partial charge in [0.25, 0.3) is 5.91 Å². The third-order valence-electron chi connectivity index (χ3n) is 6.06. The van der Waals surface area contributed by atoms with Gasteiger partial charge in [0.2, 0.25) is 0 Å². The highest BCUT2D eigenvalue weighted by Gasteiger charge is 2.51. The maximum atomic E-state index is 12.7. The van der Waals surface area contributed by atoms with E-state index in [0.29, 0.717) is 35.7 Å². The summed E-state index contributed by atoms with van der Waals surface area (Å²) in [6.45, 7) is 6.59. The number of ether oxygens (including phenoxy) is 2. The molecule has 3 aliphatic rings. The van der Waals surface area contributed by atoms with Crippen molar-refractivity contribution in [1.82, 2.24) is 9.80 Å². The van der Waals surface area contributed by atoms with Crippen LogP contribution in [0.4, 0.5) is 0 Å². The lowest BCUT2D eigenvalue weighted by Crippen LogP contribution is -2.45. The fourth-order valence-corrected chi connectivity index (χ4v) is 5.22. The summed E-state index contributed by atoms with van der Waals surface area (Å²) < 4.78 is 11.1. The van der Waals surface area contributed by atoms with Crippen LogP contribution in [0.3, 0.4) is 0 Å². The summed E-state index contributed by atoms with van der Waals surface area (Å²) in [6.07, 6.45) is 1.95. The first-order chi connectivity index (χ1) is 13.5. The van der Waals surface area contributed by atoms with E-state index in [9.17, 15) is 14.4 Å². The zero-order valence-corrected chi connectivity index (χ0v) is 17.0. The van der Waals surface area contributed by atoms with Gasteiger partial charge in [0.1, 0.15) is 6.10 Å². The molecule has 4 rings (SSSR count). The number of carbonyl (C=O) groups is 3. The third-order valence-corrected chi connectivity index (χ3v) is 7.24. The number of amides is 1. The number of hydrogen-bond acceptors (Lipinski definition) is 7. The molecule has 0 saturated carbocycles. The molecule has 7 nitrogen and oxygen atoms in total. The molecule has 8 heteroatoms. The van der Waals surface area contributed by atoms with E-state index in [-0.39, 0.29) is 23.8 Å². The van der Waals surface area contributed by atoms with Crippen molar-refractivity contribution in [3.63, 3.8) is 0 Å². The van der Waals surface area contributed by atoms with E-state index < -0.39 is 5.41 Å². The molecule has 0 aromatic carbocycles.